The Morgan fingerprint density at radius 3 is 2.44 bits per heavy atom. The van der Waals surface area contributed by atoms with Gasteiger partial charge in [-0.15, -0.1) is 0 Å². The van der Waals surface area contributed by atoms with E-state index in [2.05, 4.69) is 19.2 Å². The molecule has 3 rings (SSSR count). The van der Waals surface area contributed by atoms with E-state index in [-0.39, 0.29) is 35.8 Å². The van der Waals surface area contributed by atoms with Gasteiger partial charge in [0, 0.05) is 41.9 Å². The first-order chi connectivity index (χ1) is 15.3. The molecule has 0 radical (unpaired) electrons. The molecule has 0 aliphatic carbocycles. The summed E-state index contributed by atoms with van der Waals surface area (Å²) in [5.74, 6) is 0.368. The van der Waals surface area contributed by atoms with Gasteiger partial charge < -0.3 is 10.2 Å². The van der Waals surface area contributed by atoms with Crippen LogP contribution in [0.4, 0.5) is 10.1 Å². The Morgan fingerprint density at radius 1 is 1.16 bits per heavy atom. The SMILES string of the molecule is CCC(CC)C(=O)N1CCCC(c2nc(C)c(CC(=O)Nc3ccccc3F)c(C)n2)C1. The van der Waals surface area contributed by atoms with E-state index in [0.29, 0.717) is 6.54 Å². The van der Waals surface area contributed by atoms with E-state index in [4.69, 9.17) is 9.97 Å². The van der Waals surface area contributed by atoms with Crippen molar-refractivity contribution in [1.29, 1.82) is 0 Å². The lowest BCUT2D eigenvalue weighted by atomic mass is 9.94. The van der Waals surface area contributed by atoms with Crippen molar-refractivity contribution in [2.45, 2.75) is 65.7 Å². The van der Waals surface area contributed by atoms with Crippen LogP contribution in [0.25, 0.3) is 0 Å². The van der Waals surface area contributed by atoms with Crippen LogP contribution in [0.15, 0.2) is 24.3 Å². The number of aryl methyl sites for hydroxylation is 2. The van der Waals surface area contributed by atoms with Crippen LogP contribution in [-0.4, -0.2) is 39.8 Å². The number of benzene rings is 1. The Kier molecular flexibility index (Phi) is 7.94. The van der Waals surface area contributed by atoms with Crippen molar-refractivity contribution in [3.8, 4) is 0 Å². The van der Waals surface area contributed by atoms with Gasteiger partial charge in [-0.25, -0.2) is 14.4 Å². The van der Waals surface area contributed by atoms with E-state index < -0.39 is 5.82 Å². The first-order valence-electron chi connectivity index (χ1n) is 11.5. The van der Waals surface area contributed by atoms with Crippen molar-refractivity contribution >= 4 is 17.5 Å². The van der Waals surface area contributed by atoms with E-state index in [0.717, 1.165) is 55.0 Å². The summed E-state index contributed by atoms with van der Waals surface area (Å²) in [6.45, 7) is 9.30. The van der Waals surface area contributed by atoms with Gasteiger partial charge in [0.1, 0.15) is 11.6 Å². The zero-order valence-electron chi connectivity index (χ0n) is 19.4. The number of para-hydroxylation sites is 1. The average Bonchev–Trinajstić information content (AvgIpc) is 2.78. The minimum Gasteiger partial charge on any atom is -0.342 e. The number of amides is 2. The van der Waals surface area contributed by atoms with E-state index in [1.54, 1.807) is 12.1 Å². The van der Waals surface area contributed by atoms with Crippen LogP contribution < -0.4 is 5.32 Å². The van der Waals surface area contributed by atoms with Crippen molar-refractivity contribution < 1.29 is 14.0 Å². The van der Waals surface area contributed by atoms with Gasteiger partial charge in [0.25, 0.3) is 0 Å². The van der Waals surface area contributed by atoms with E-state index >= 15 is 0 Å². The molecule has 0 spiro atoms. The standard InChI is InChI=1S/C25H33FN4O2/c1-5-18(6-2)25(32)30-13-9-10-19(15-30)24-27-16(3)20(17(4)28-24)14-23(31)29-22-12-8-7-11-21(22)26/h7-8,11-12,18-19H,5-6,9-10,13-15H2,1-4H3,(H,29,31). The average molecular weight is 441 g/mol. The molecule has 0 bridgehead atoms. The highest BCUT2D eigenvalue weighted by molar-refractivity contribution is 5.92. The molecular formula is C25H33FN4O2. The highest BCUT2D eigenvalue weighted by Gasteiger charge is 2.30. The Bertz CT molecular complexity index is 951. The fourth-order valence-corrected chi connectivity index (χ4v) is 4.41. The van der Waals surface area contributed by atoms with Gasteiger partial charge in [-0.1, -0.05) is 26.0 Å². The number of anilines is 1. The highest BCUT2D eigenvalue weighted by Crippen LogP contribution is 2.28. The summed E-state index contributed by atoms with van der Waals surface area (Å²) in [6.07, 6.45) is 3.67. The predicted octanol–water partition coefficient (Wildman–Crippen LogP) is 4.56. The smallest absolute Gasteiger partial charge is 0.229 e. The monoisotopic (exact) mass is 440 g/mol. The predicted molar refractivity (Wildman–Crippen MR) is 123 cm³/mol. The van der Waals surface area contributed by atoms with Crippen molar-refractivity contribution in [3.63, 3.8) is 0 Å². The Hall–Kier alpha value is -2.83. The van der Waals surface area contributed by atoms with Crippen LogP contribution in [0.5, 0.6) is 0 Å². The molecule has 1 aromatic carbocycles. The molecule has 1 unspecified atom stereocenters. The van der Waals surface area contributed by atoms with E-state index in [9.17, 15) is 14.0 Å². The second-order valence-electron chi connectivity index (χ2n) is 8.57. The molecule has 1 atom stereocenters. The first kappa shape index (κ1) is 23.8. The first-order valence-corrected chi connectivity index (χ1v) is 11.5. The Balaban J connectivity index is 1.71. The van der Waals surface area contributed by atoms with E-state index in [1.807, 2.05) is 18.7 Å². The largest absolute Gasteiger partial charge is 0.342 e. The summed E-state index contributed by atoms with van der Waals surface area (Å²) >= 11 is 0. The number of hydrogen-bond acceptors (Lipinski definition) is 4. The maximum Gasteiger partial charge on any atom is 0.229 e. The number of aromatic nitrogens is 2. The molecule has 6 nitrogen and oxygen atoms in total. The summed E-state index contributed by atoms with van der Waals surface area (Å²) < 4.78 is 13.8. The van der Waals surface area contributed by atoms with Crippen LogP contribution in [-0.2, 0) is 16.0 Å². The number of halogens is 1. The molecule has 1 N–H and O–H groups in total. The maximum atomic E-state index is 13.8. The molecular weight excluding hydrogens is 407 g/mol. The van der Waals surface area contributed by atoms with Crippen LogP contribution in [0.1, 0.15) is 68.2 Å². The summed E-state index contributed by atoms with van der Waals surface area (Å²) in [6, 6.07) is 6.10. The van der Waals surface area contributed by atoms with Crippen molar-refractivity contribution in [2.75, 3.05) is 18.4 Å². The molecule has 1 aromatic heterocycles. The molecule has 1 fully saturated rings. The van der Waals surface area contributed by atoms with Gasteiger partial charge in [-0.2, -0.15) is 0 Å². The zero-order chi connectivity index (χ0) is 23.3. The van der Waals surface area contributed by atoms with Crippen LogP contribution in [0, 0.1) is 25.6 Å². The Morgan fingerprint density at radius 2 is 1.81 bits per heavy atom. The molecule has 0 saturated carbocycles. The van der Waals surface area contributed by atoms with Gasteiger partial charge in [-0.05, 0) is 51.7 Å². The van der Waals surface area contributed by atoms with E-state index in [1.165, 1.54) is 12.1 Å². The number of piperidine rings is 1. The van der Waals surface area contributed by atoms with Crippen molar-refractivity contribution in [1.82, 2.24) is 14.9 Å². The quantitative estimate of drug-likeness (QED) is 0.685. The highest BCUT2D eigenvalue weighted by atomic mass is 19.1. The number of likely N-dealkylation sites (tertiary alicyclic amines) is 1. The number of rotatable bonds is 7. The number of carbonyl (C=O) groups excluding carboxylic acids is 2. The molecule has 2 amide bonds. The second-order valence-corrected chi connectivity index (χ2v) is 8.57. The van der Waals surface area contributed by atoms with Gasteiger partial charge in [0.05, 0.1) is 12.1 Å². The number of nitrogens with zero attached hydrogens (tertiary/aromatic N) is 3. The fourth-order valence-electron chi connectivity index (χ4n) is 4.41. The Labute approximate surface area is 189 Å². The van der Waals surface area contributed by atoms with Crippen molar-refractivity contribution in [2.24, 2.45) is 5.92 Å². The maximum absolute atomic E-state index is 13.8. The van der Waals surface area contributed by atoms with Crippen LogP contribution >= 0.6 is 0 Å². The summed E-state index contributed by atoms with van der Waals surface area (Å²) in [5.41, 5.74) is 2.41. The lowest BCUT2D eigenvalue weighted by molar-refractivity contribution is -0.137. The lowest BCUT2D eigenvalue weighted by Gasteiger charge is -2.34. The van der Waals surface area contributed by atoms with Gasteiger partial charge in [0.15, 0.2) is 0 Å². The third-order valence-electron chi connectivity index (χ3n) is 6.36. The summed E-state index contributed by atoms with van der Waals surface area (Å²) in [4.78, 5) is 36.7. The summed E-state index contributed by atoms with van der Waals surface area (Å²) in [7, 11) is 0. The number of carbonyl (C=O) groups is 2. The van der Waals surface area contributed by atoms with Gasteiger partial charge in [-0.3, -0.25) is 9.59 Å². The van der Waals surface area contributed by atoms with Gasteiger partial charge >= 0.3 is 0 Å². The number of hydrogen-bond donors (Lipinski definition) is 1. The molecule has 172 valence electrons. The minimum absolute atomic E-state index is 0.0773. The fraction of sp³-hybridized carbons (Fsp3) is 0.520. The lowest BCUT2D eigenvalue weighted by Crippen LogP contribution is -2.42. The third-order valence-corrected chi connectivity index (χ3v) is 6.36. The normalized spacial score (nSPS) is 16.3. The summed E-state index contributed by atoms with van der Waals surface area (Å²) in [5, 5.41) is 2.62. The third kappa shape index (κ3) is 5.50. The van der Waals surface area contributed by atoms with Crippen LogP contribution in [0.2, 0.25) is 0 Å². The molecule has 1 aliphatic heterocycles. The number of nitrogens with one attached hydrogen (secondary N) is 1. The minimum atomic E-state index is -0.467. The zero-order valence-corrected chi connectivity index (χ0v) is 19.4. The molecule has 32 heavy (non-hydrogen) atoms. The molecule has 7 heteroatoms. The van der Waals surface area contributed by atoms with Crippen molar-refractivity contribution in [3.05, 3.63) is 52.9 Å². The molecule has 2 heterocycles. The molecule has 1 aliphatic rings. The van der Waals surface area contributed by atoms with Crippen LogP contribution in [0.3, 0.4) is 0 Å². The van der Waals surface area contributed by atoms with Gasteiger partial charge in [0.2, 0.25) is 11.8 Å². The second kappa shape index (κ2) is 10.7. The molecule has 1 saturated heterocycles. The topological polar surface area (TPSA) is 75.2 Å². The molecule has 2 aromatic rings.